The normalized spacial score (nSPS) is 20.2. The molecule has 0 unspecified atom stereocenters. The van der Waals surface area contributed by atoms with Crippen LogP contribution in [0.3, 0.4) is 0 Å². The van der Waals surface area contributed by atoms with E-state index in [1.165, 1.54) is 0 Å². The molecule has 0 aliphatic carbocycles. The number of hydrogen-bond acceptors (Lipinski definition) is 3. The summed E-state index contributed by atoms with van der Waals surface area (Å²) in [6.07, 6.45) is 3.78. The fourth-order valence-corrected chi connectivity index (χ4v) is 3.24. The van der Waals surface area contributed by atoms with E-state index in [0.29, 0.717) is 18.9 Å². The Hall–Kier alpha value is -2.43. The van der Waals surface area contributed by atoms with E-state index in [2.05, 4.69) is 4.98 Å². The summed E-state index contributed by atoms with van der Waals surface area (Å²) in [4.78, 5) is 17.6. The maximum absolute atomic E-state index is 12.6. The molecule has 2 aromatic rings. The standard InChI is InChI=1S/C17H18N2O3/c20-17(13-3-1-7-18-13)19-8-2-4-14(19)12-5-6-15-16(11-12)22-10-9-21-15/h1,3,5-7,11,14,18H,2,4,8-10H2/t14-/m0/s1. The van der Waals surface area contributed by atoms with Gasteiger partial charge in [0.1, 0.15) is 18.9 Å². The van der Waals surface area contributed by atoms with E-state index >= 15 is 0 Å². The summed E-state index contributed by atoms with van der Waals surface area (Å²) >= 11 is 0. The fraction of sp³-hybridized carbons (Fsp3) is 0.353. The van der Waals surface area contributed by atoms with Crippen molar-refractivity contribution in [1.82, 2.24) is 9.88 Å². The van der Waals surface area contributed by atoms with E-state index in [9.17, 15) is 4.79 Å². The Kier molecular flexibility index (Phi) is 3.25. The number of nitrogens with zero attached hydrogens (tertiary/aromatic N) is 1. The topological polar surface area (TPSA) is 54.6 Å². The van der Waals surface area contributed by atoms with Crippen molar-refractivity contribution in [3.63, 3.8) is 0 Å². The van der Waals surface area contributed by atoms with E-state index in [1.807, 2.05) is 35.2 Å². The molecule has 0 saturated carbocycles. The monoisotopic (exact) mass is 298 g/mol. The zero-order valence-electron chi connectivity index (χ0n) is 12.2. The Morgan fingerprint density at radius 2 is 2.05 bits per heavy atom. The molecule has 1 N–H and O–H groups in total. The minimum absolute atomic E-state index is 0.0578. The number of carbonyl (C=O) groups excluding carboxylic acids is 1. The summed E-state index contributed by atoms with van der Waals surface area (Å²) in [7, 11) is 0. The van der Waals surface area contributed by atoms with Crippen molar-refractivity contribution in [2.24, 2.45) is 0 Å². The molecule has 1 saturated heterocycles. The maximum atomic E-state index is 12.6. The number of rotatable bonds is 2. The Morgan fingerprint density at radius 3 is 2.86 bits per heavy atom. The third-order valence-corrected chi connectivity index (χ3v) is 4.29. The van der Waals surface area contributed by atoms with Crippen LogP contribution in [-0.4, -0.2) is 35.5 Å². The van der Waals surface area contributed by atoms with Crippen molar-refractivity contribution in [1.29, 1.82) is 0 Å². The molecule has 1 atom stereocenters. The molecule has 114 valence electrons. The molecule has 0 bridgehead atoms. The number of nitrogens with one attached hydrogen (secondary N) is 1. The zero-order chi connectivity index (χ0) is 14.9. The Labute approximate surface area is 128 Å². The van der Waals surface area contributed by atoms with Crippen molar-refractivity contribution in [3.05, 3.63) is 47.8 Å². The lowest BCUT2D eigenvalue weighted by Crippen LogP contribution is -2.30. The highest BCUT2D eigenvalue weighted by Crippen LogP contribution is 2.38. The van der Waals surface area contributed by atoms with Crippen molar-refractivity contribution >= 4 is 5.91 Å². The molecule has 0 spiro atoms. The molecular formula is C17H18N2O3. The fourth-order valence-electron chi connectivity index (χ4n) is 3.24. The van der Waals surface area contributed by atoms with Crippen LogP contribution in [0.4, 0.5) is 0 Å². The van der Waals surface area contributed by atoms with Gasteiger partial charge in [0.05, 0.1) is 6.04 Å². The van der Waals surface area contributed by atoms with Gasteiger partial charge in [-0.25, -0.2) is 0 Å². The summed E-state index contributed by atoms with van der Waals surface area (Å²) in [6.45, 7) is 1.95. The number of hydrogen-bond donors (Lipinski definition) is 1. The average Bonchev–Trinajstić information content (AvgIpc) is 3.25. The van der Waals surface area contributed by atoms with E-state index in [-0.39, 0.29) is 11.9 Å². The SMILES string of the molecule is O=C(c1ccc[nH]1)N1CCC[C@H]1c1ccc2c(c1)OCCO2. The van der Waals surface area contributed by atoms with Gasteiger partial charge in [0.25, 0.3) is 5.91 Å². The molecule has 0 radical (unpaired) electrons. The first-order valence-electron chi connectivity index (χ1n) is 7.67. The van der Waals surface area contributed by atoms with Crippen LogP contribution in [0.25, 0.3) is 0 Å². The number of likely N-dealkylation sites (tertiary alicyclic amines) is 1. The van der Waals surface area contributed by atoms with Gasteiger partial charge in [0.15, 0.2) is 11.5 Å². The molecule has 4 rings (SSSR count). The predicted molar refractivity (Wildman–Crippen MR) is 81.2 cm³/mol. The molecule has 1 amide bonds. The first kappa shape index (κ1) is 13.2. The van der Waals surface area contributed by atoms with Gasteiger partial charge in [-0.2, -0.15) is 0 Å². The van der Waals surface area contributed by atoms with Crippen LogP contribution in [0, 0.1) is 0 Å². The minimum Gasteiger partial charge on any atom is -0.486 e. The van der Waals surface area contributed by atoms with Crippen LogP contribution in [0.2, 0.25) is 0 Å². The molecule has 1 aromatic heterocycles. The molecule has 22 heavy (non-hydrogen) atoms. The van der Waals surface area contributed by atoms with Crippen molar-refractivity contribution < 1.29 is 14.3 Å². The molecule has 5 heteroatoms. The van der Waals surface area contributed by atoms with Crippen LogP contribution in [0.15, 0.2) is 36.5 Å². The molecule has 1 aromatic carbocycles. The summed E-state index contributed by atoms with van der Waals surface area (Å²) < 4.78 is 11.2. The number of fused-ring (bicyclic) bond motifs is 1. The van der Waals surface area contributed by atoms with Gasteiger partial charge in [-0.3, -0.25) is 4.79 Å². The number of H-pyrrole nitrogens is 1. The van der Waals surface area contributed by atoms with Crippen LogP contribution < -0.4 is 9.47 Å². The number of benzene rings is 1. The van der Waals surface area contributed by atoms with E-state index < -0.39 is 0 Å². The molecule has 5 nitrogen and oxygen atoms in total. The Balaban J connectivity index is 1.62. The number of amides is 1. The van der Waals surface area contributed by atoms with Crippen LogP contribution >= 0.6 is 0 Å². The van der Waals surface area contributed by atoms with Gasteiger partial charge < -0.3 is 19.4 Å². The van der Waals surface area contributed by atoms with Gasteiger partial charge >= 0.3 is 0 Å². The quantitative estimate of drug-likeness (QED) is 0.927. The second-order valence-electron chi connectivity index (χ2n) is 5.64. The largest absolute Gasteiger partial charge is 0.486 e. The lowest BCUT2D eigenvalue weighted by molar-refractivity contribution is 0.0730. The number of aromatic amines is 1. The minimum atomic E-state index is 0.0578. The third kappa shape index (κ3) is 2.22. The van der Waals surface area contributed by atoms with Crippen LogP contribution in [0.5, 0.6) is 11.5 Å². The number of ether oxygens (including phenoxy) is 2. The first-order chi connectivity index (χ1) is 10.8. The summed E-state index contributed by atoms with van der Waals surface area (Å²) in [5.41, 5.74) is 1.76. The highest BCUT2D eigenvalue weighted by Gasteiger charge is 2.31. The smallest absolute Gasteiger partial charge is 0.270 e. The van der Waals surface area contributed by atoms with Gasteiger partial charge in [0, 0.05) is 12.7 Å². The molecule has 3 heterocycles. The van der Waals surface area contributed by atoms with E-state index in [0.717, 1.165) is 36.4 Å². The predicted octanol–water partition coefficient (Wildman–Crippen LogP) is 2.76. The van der Waals surface area contributed by atoms with Crippen LogP contribution in [0.1, 0.15) is 34.9 Å². The van der Waals surface area contributed by atoms with Gasteiger partial charge in [0.2, 0.25) is 0 Å². The lowest BCUT2D eigenvalue weighted by Gasteiger charge is -2.26. The zero-order valence-corrected chi connectivity index (χ0v) is 12.2. The van der Waals surface area contributed by atoms with Gasteiger partial charge in [-0.1, -0.05) is 6.07 Å². The maximum Gasteiger partial charge on any atom is 0.270 e. The lowest BCUT2D eigenvalue weighted by atomic mass is 10.0. The van der Waals surface area contributed by atoms with Gasteiger partial charge in [-0.05, 0) is 42.7 Å². The Bertz CT molecular complexity index is 681. The molecular weight excluding hydrogens is 280 g/mol. The molecule has 1 fully saturated rings. The Morgan fingerprint density at radius 1 is 1.18 bits per heavy atom. The van der Waals surface area contributed by atoms with E-state index in [4.69, 9.17) is 9.47 Å². The average molecular weight is 298 g/mol. The highest BCUT2D eigenvalue weighted by atomic mass is 16.6. The summed E-state index contributed by atoms with van der Waals surface area (Å²) in [5, 5.41) is 0. The summed E-state index contributed by atoms with van der Waals surface area (Å²) in [6, 6.07) is 9.77. The van der Waals surface area contributed by atoms with Crippen LogP contribution in [-0.2, 0) is 0 Å². The van der Waals surface area contributed by atoms with Crippen molar-refractivity contribution in [2.75, 3.05) is 19.8 Å². The van der Waals surface area contributed by atoms with Crippen molar-refractivity contribution in [3.8, 4) is 11.5 Å². The second kappa shape index (κ2) is 5.40. The highest BCUT2D eigenvalue weighted by molar-refractivity contribution is 5.92. The summed E-state index contributed by atoms with van der Waals surface area (Å²) in [5.74, 6) is 1.63. The number of aromatic nitrogens is 1. The number of carbonyl (C=O) groups is 1. The van der Waals surface area contributed by atoms with Crippen molar-refractivity contribution in [2.45, 2.75) is 18.9 Å². The molecule has 2 aliphatic rings. The second-order valence-corrected chi connectivity index (χ2v) is 5.64. The van der Waals surface area contributed by atoms with Gasteiger partial charge in [-0.15, -0.1) is 0 Å². The first-order valence-corrected chi connectivity index (χ1v) is 7.67. The third-order valence-electron chi connectivity index (χ3n) is 4.29. The molecule has 2 aliphatic heterocycles. The van der Waals surface area contributed by atoms with E-state index in [1.54, 1.807) is 6.20 Å².